The van der Waals surface area contributed by atoms with Crippen molar-refractivity contribution in [2.75, 3.05) is 6.79 Å². The first kappa shape index (κ1) is 12.0. The van der Waals surface area contributed by atoms with Crippen LogP contribution in [0.25, 0.3) is 0 Å². The lowest BCUT2D eigenvalue weighted by atomic mass is 10.1. The van der Waals surface area contributed by atoms with Gasteiger partial charge in [-0.05, 0) is 57.6 Å². The number of aliphatic hydroxyl groups excluding tert-OH is 1. The Bertz CT molecular complexity index is 594. The minimum atomic E-state index is -0.629. The minimum absolute atomic E-state index is 0.228. The third-order valence-corrected chi connectivity index (χ3v) is 4.58. The van der Waals surface area contributed by atoms with Gasteiger partial charge in [-0.1, -0.05) is 0 Å². The van der Waals surface area contributed by atoms with E-state index in [-0.39, 0.29) is 6.79 Å². The van der Waals surface area contributed by atoms with Crippen LogP contribution in [0, 0.1) is 6.92 Å². The zero-order chi connectivity index (χ0) is 12.7. The van der Waals surface area contributed by atoms with Gasteiger partial charge in [0.2, 0.25) is 6.79 Å². The van der Waals surface area contributed by atoms with Crippen molar-refractivity contribution in [1.29, 1.82) is 0 Å². The molecule has 0 saturated carbocycles. The van der Waals surface area contributed by atoms with Gasteiger partial charge in [0.1, 0.15) is 6.10 Å². The summed E-state index contributed by atoms with van der Waals surface area (Å²) in [4.78, 5) is 0.959. The lowest BCUT2D eigenvalue weighted by Gasteiger charge is -2.12. The van der Waals surface area contributed by atoms with Crippen LogP contribution < -0.4 is 9.47 Å². The number of fused-ring (bicyclic) bond motifs is 1. The van der Waals surface area contributed by atoms with E-state index >= 15 is 0 Å². The van der Waals surface area contributed by atoms with Crippen LogP contribution in [-0.4, -0.2) is 11.9 Å². The fourth-order valence-electron chi connectivity index (χ4n) is 1.96. The van der Waals surface area contributed by atoms with E-state index in [0.717, 1.165) is 20.5 Å². The first-order chi connectivity index (χ1) is 8.66. The summed E-state index contributed by atoms with van der Waals surface area (Å²) in [6.07, 6.45) is -0.629. The molecule has 5 heteroatoms. The molecular formula is C13H11BrO3S. The molecule has 1 aromatic carbocycles. The maximum atomic E-state index is 10.4. The summed E-state index contributed by atoms with van der Waals surface area (Å²) < 4.78 is 11.5. The summed E-state index contributed by atoms with van der Waals surface area (Å²) in [5.74, 6) is 1.38. The number of aliphatic hydroxyl groups is 1. The van der Waals surface area contributed by atoms with E-state index in [1.165, 1.54) is 0 Å². The molecule has 1 atom stereocenters. The predicted octanol–water partition coefficient (Wildman–Crippen LogP) is 3.63. The maximum absolute atomic E-state index is 10.4. The standard InChI is InChI=1S/C13H11BrO3S/c1-7-2-3-18-13(7)11(15)8-4-9(14)12-10(5-8)16-6-17-12/h2-5,11,15H,6H2,1H3. The van der Waals surface area contributed by atoms with Gasteiger partial charge in [0, 0.05) is 4.88 Å². The van der Waals surface area contributed by atoms with E-state index in [4.69, 9.17) is 9.47 Å². The average molecular weight is 327 g/mol. The molecule has 2 heterocycles. The molecule has 1 aliphatic rings. The highest BCUT2D eigenvalue weighted by atomic mass is 79.9. The van der Waals surface area contributed by atoms with Crippen LogP contribution in [0.1, 0.15) is 22.1 Å². The normalized spacial score (nSPS) is 14.8. The van der Waals surface area contributed by atoms with Crippen molar-refractivity contribution in [2.45, 2.75) is 13.0 Å². The highest BCUT2D eigenvalue weighted by molar-refractivity contribution is 9.10. The lowest BCUT2D eigenvalue weighted by molar-refractivity contribution is 0.173. The Morgan fingerprint density at radius 2 is 2.22 bits per heavy atom. The SMILES string of the molecule is Cc1ccsc1C(O)c1cc(Br)c2c(c1)OCO2. The van der Waals surface area contributed by atoms with Gasteiger partial charge in [0.25, 0.3) is 0 Å². The van der Waals surface area contributed by atoms with Crippen molar-refractivity contribution in [3.05, 3.63) is 44.1 Å². The van der Waals surface area contributed by atoms with Gasteiger partial charge in [0.05, 0.1) is 4.47 Å². The number of thiophene rings is 1. The molecule has 1 aliphatic heterocycles. The number of benzene rings is 1. The first-order valence-corrected chi connectivity index (χ1v) is 7.15. The lowest BCUT2D eigenvalue weighted by Crippen LogP contribution is -1.99. The van der Waals surface area contributed by atoms with E-state index in [0.29, 0.717) is 11.5 Å². The summed E-state index contributed by atoms with van der Waals surface area (Å²) >= 11 is 4.99. The Morgan fingerprint density at radius 1 is 1.39 bits per heavy atom. The molecule has 18 heavy (non-hydrogen) atoms. The van der Waals surface area contributed by atoms with Crippen LogP contribution in [0.3, 0.4) is 0 Å². The Labute approximate surface area is 117 Å². The van der Waals surface area contributed by atoms with Crippen LogP contribution in [0.5, 0.6) is 11.5 Å². The van der Waals surface area contributed by atoms with Gasteiger partial charge in [-0.3, -0.25) is 0 Å². The van der Waals surface area contributed by atoms with Gasteiger partial charge < -0.3 is 14.6 Å². The topological polar surface area (TPSA) is 38.7 Å². The Morgan fingerprint density at radius 3 is 2.94 bits per heavy atom. The van der Waals surface area contributed by atoms with E-state index in [1.807, 2.05) is 30.5 Å². The first-order valence-electron chi connectivity index (χ1n) is 5.48. The predicted molar refractivity (Wildman–Crippen MR) is 73.4 cm³/mol. The van der Waals surface area contributed by atoms with Crippen LogP contribution in [0.4, 0.5) is 0 Å². The quantitative estimate of drug-likeness (QED) is 0.915. The van der Waals surface area contributed by atoms with E-state index in [1.54, 1.807) is 11.3 Å². The number of aryl methyl sites for hydroxylation is 1. The molecule has 0 fully saturated rings. The largest absolute Gasteiger partial charge is 0.454 e. The molecule has 0 radical (unpaired) electrons. The van der Waals surface area contributed by atoms with Crippen molar-refractivity contribution < 1.29 is 14.6 Å². The highest BCUT2D eigenvalue weighted by Gasteiger charge is 2.22. The van der Waals surface area contributed by atoms with Gasteiger partial charge in [-0.25, -0.2) is 0 Å². The van der Waals surface area contributed by atoms with Crippen molar-refractivity contribution in [2.24, 2.45) is 0 Å². The molecule has 0 aliphatic carbocycles. The molecule has 0 bridgehead atoms. The van der Waals surface area contributed by atoms with Gasteiger partial charge in [0.15, 0.2) is 11.5 Å². The third kappa shape index (κ3) is 1.92. The van der Waals surface area contributed by atoms with Crippen LogP contribution in [-0.2, 0) is 0 Å². The number of rotatable bonds is 2. The summed E-state index contributed by atoms with van der Waals surface area (Å²) in [6.45, 7) is 2.22. The van der Waals surface area contributed by atoms with Gasteiger partial charge in [-0.15, -0.1) is 11.3 Å². The van der Waals surface area contributed by atoms with E-state index in [9.17, 15) is 5.11 Å². The van der Waals surface area contributed by atoms with Crippen LogP contribution in [0.15, 0.2) is 28.1 Å². The molecule has 0 saturated heterocycles. The third-order valence-electron chi connectivity index (χ3n) is 2.92. The summed E-state index contributed by atoms with van der Waals surface area (Å²) in [7, 11) is 0. The molecule has 3 nitrogen and oxygen atoms in total. The molecule has 1 aromatic heterocycles. The van der Waals surface area contributed by atoms with E-state index < -0.39 is 6.10 Å². The number of hydrogen-bond acceptors (Lipinski definition) is 4. The molecule has 94 valence electrons. The molecular weight excluding hydrogens is 316 g/mol. The average Bonchev–Trinajstić information content (AvgIpc) is 2.96. The number of ether oxygens (including phenoxy) is 2. The second kappa shape index (κ2) is 4.57. The second-order valence-corrected chi connectivity index (χ2v) is 5.91. The highest BCUT2D eigenvalue weighted by Crippen LogP contribution is 2.42. The smallest absolute Gasteiger partial charge is 0.231 e. The zero-order valence-electron chi connectivity index (χ0n) is 9.64. The minimum Gasteiger partial charge on any atom is -0.454 e. The Kier molecular flexibility index (Phi) is 3.05. The van der Waals surface area contributed by atoms with Crippen molar-refractivity contribution in [1.82, 2.24) is 0 Å². The molecule has 0 spiro atoms. The van der Waals surface area contributed by atoms with E-state index in [2.05, 4.69) is 15.9 Å². The van der Waals surface area contributed by atoms with Crippen molar-refractivity contribution >= 4 is 27.3 Å². The summed E-state index contributed by atoms with van der Waals surface area (Å²) in [6, 6.07) is 5.71. The summed E-state index contributed by atoms with van der Waals surface area (Å²) in [5, 5.41) is 12.4. The number of halogens is 1. The number of hydrogen-bond donors (Lipinski definition) is 1. The molecule has 3 rings (SSSR count). The van der Waals surface area contributed by atoms with Gasteiger partial charge in [-0.2, -0.15) is 0 Å². The molecule has 1 unspecified atom stereocenters. The Hall–Kier alpha value is -1.04. The van der Waals surface area contributed by atoms with Crippen molar-refractivity contribution in [3.63, 3.8) is 0 Å². The van der Waals surface area contributed by atoms with Crippen LogP contribution in [0.2, 0.25) is 0 Å². The fraction of sp³-hybridized carbons (Fsp3) is 0.231. The van der Waals surface area contributed by atoms with Gasteiger partial charge >= 0.3 is 0 Å². The molecule has 0 amide bonds. The van der Waals surface area contributed by atoms with Crippen molar-refractivity contribution in [3.8, 4) is 11.5 Å². The van der Waals surface area contributed by atoms with Crippen LogP contribution >= 0.6 is 27.3 Å². The second-order valence-electron chi connectivity index (χ2n) is 4.11. The maximum Gasteiger partial charge on any atom is 0.231 e. The molecule has 2 aromatic rings. The zero-order valence-corrected chi connectivity index (χ0v) is 12.0. The monoisotopic (exact) mass is 326 g/mol. The summed E-state index contributed by atoms with van der Waals surface area (Å²) in [5.41, 5.74) is 1.90. The fourth-order valence-corrected chi connectivity index (χ4v) is 3.47. The molecule has 1 N–H and O–H groups in total. The Balaban J connectivity index is 2.03.